The molecule has 2 aromatic heterocycles. The number of hydrogen-bond acceptors (Lipinski definition) is 5. The van der Waals surface area contributed by atoms with Crippen molar-refractivity contribution in [3.63, 3.8) is 0 Å². The molecule has 0 saturated carbocycles. The molecule has 3 aromatic rings. The highest BCUT2D eigenvalue weighted by Crippen LogP contribution is 2.26. The first-order chi connectivity index (χ1) is 13.1. The van der Waals surface area contributed by atoms with Gasteiger partial charge in [-0.15, -0.1) is 0 Å². The number of aryl methyl sites for hydroxylation is 1. The third-order valence-electron chi connectivity index (χ3n) is 5.47. The van der Waals surface area contributed by atoms with Crippen molar-refractivity contribution in [2.24, 2.45) is 5.92 Å². The summed E-state index contributed by atoms with van der Waals surface area (Å²) in [5.41, 5.74) is 4.40. The van der Waals surface area contributed by atoms with Crippen molar-refractivity contribution < 1.29 is 10.2 Å². The van der Waals surface area contributed by atoms with Crippen molar-refractivity contribution >= 4 is 10.9 Å². The molecule has 0 aliphatic carbocycles. The van der Waals surface area contributed by atoms with Crippen molar-refractivity contribution in [1.82, 2.24) is 19.7 Å². The molecule has 1 aromatic carbocycles. The number of hydrogen-bond donors (Lipinski definition) is 2. The first-order valence-corrected chi connectivity index (χ1v) is 9.51. The number of para-hydroxylation sites is 1. The van der Waals surface area contributed by atoms with Gasteiger partial charge in [0.05, 0.1) is 30.5 Å². The summed E-state index contributed by atoms with van der Waals surface area (Å²) in [6, 6.07) is 10.3. The van der Waals surface area contributed by atoms with Crippen LogP contribution in [0.3, 0.4) is 0 Å². The molecule has 1 saturated heterocycles. The zero-order valence-electron chi connectivity index (χ0n) is 15.6. The van der Waals surface area contributed by atoms with Gasteiger partial charge in [0.1, 0.15) is 0 Å². The number of rotatable bonds is 6. The molecule has 142 valence electrons. The van der Waals surface area contributed by atoms with Crippen LogP contribution in [0.1, 0.15) is 16.8 Å². The Labute approximate surface area is 159 Å². The predicted octanol–water partition coefficient (Wildman–Crippen LogP) is 1.77. The number of nitrogens with zero attached hydrogens (tertiary/aromatic N) is 4. The van der Waals surface area contributed by atoms with Crippen LogP contribution in [0.25, 0.3) is 10.9 Å². The summed E-state index contributed by atoms with van der Waals surface area (Å²) in [5.74, 6) is 0.212. The number of pyridine rings is 1. The van der Waals surface area contributed by atoms with Gasteiger partial charge >= 0.3 is 0 Å². The topological polar surface area (TPSA) is 74.4 Å². The quantitative estimate of drug-likeness (QED) is 0.695. The molecule has 1 fully saturated rings. The van der Waals surface area contributed by atoms with E-state index in [0.717, 1.165) is 36.3 Å². The molecule has 1 aliphatic rings. The van der Waals surface area contributed by atoms with Crippen molar-refractivity contribution in [3.05, 3.63) is 59.5 Å². The zero-order valence-corrected chi connectivity index (χ0v) is 15.6. The molecule has 1 aliphatic heterocycles. The maximum absolute atomic E-state index is 10.6. The summed E-state index contributed by atoms with van der Waals surface area (Å²) in [6.07, 6.45) is 4.38. The van der Waals surface area contributed by atoms with Crippen LogP contribution >= 0.6 is 0 Å². The maximum Gasteiger partial charge on any atom is 0.0710 e. The minimum absolute atomic E-state index is 0.0882. The smallest absolute Gasteiger partial charge is 0.0710 e. The van der Waals surface area contributed by atoms with Crippen molar-refractivity contribution in [3.8, 4) is 0 Å². The van der Waals surface area contributed by atoms with Gasteiger partial charge in [0, 0.05) is 48.9 Å². The van der Waals surface area contributed by atoms with E-state index in [0.29, 0.717) is 13.1 Å². The molecule has 2 N–H and O–H groups in total. The highest BCUT2D eigenvalue weighted by Gasteiger charge is 2.32. The lowest BCUT2D eigenvalue weighted by molar-refractivity contribution is 0.141. The Morgan fingerprint density at radius 1 is 1.15 bits per heavy atom. The Kier molecular flexibility index (Phi) is 5.20. The van der Waals surface area contributed by atoms with E-state index in [1.807, 2.05) is 37.5 Å². The van der Waals surface area contributed by atoms with E-state index >= 15 is 0 Å². The molecule has 6 heteroatoms. The minimum Gasteiger partial charge on any atom is -0.394 e. The lowest BCUT2D eigenvalue weighted by Gasteiger charge is -2.16. The van der Waals surface area contributed by atoms with E-state index < -0.39 is 0 Å². The third kappa shape index (κ3) is 3.88. The first-order valence-electron chi connectivity index (χ1n) is 9.51. The number of benzene rings is 1. The van der Waals surface area contributed by atoms with Crippen LogP contribution in [0.15, 0.2) is 42.7 Å². The highest BCUT2D eigenvalue weighted by atomic mass is 16.3. The summed E-state index contributed by atoms with van der Waals surface area (Å²) in [7, 11) is 0. The molecule has 6 nitrogen and oxygen atoms in total. The van der Waals surface area contributed by atoms with Crippen molar-refractivity contribution in [1.29, 1.82) is 0 Å². The van der Waals surface area contributed by atoms with Gasteiger partial charge in [0.15, 0.2) is 0 Å². The van der Waals surface area contributed by atoms with Gasteiger partial charge in [0.2, 0.25) is 0 Å². The lowest BCUT2D eigenvalue weighted by Crippen LogP contribution is -2.21. The Morgan fingerprint density at radius 3 is 2.85 bits per heavy atom. The van der Waals surface area contributed by atoms with Crippen LogP contribution in [0, 0.1) is 12.8 Å². The number of aromatic nitrogens is 3. The highest BCUT2D eigenvalue weighted by molar-refractivity contribution is 5.81. The van der Waals surface area contributed by atoms with Crippen LogP contribution in [0.2, 0.25) is 0 Å². The van der Waals surface area contributed by atoms with Crippen LogP contribution in [0.4, 0.5) is 0 Å². The first kappa shape index (κ1) is 18.1. The Bertz CT molecular complexity index is 918. The van der Waals surface area contributed by atoms with E-state index in [9.17, 15) is 5.11 Å². The van der Waals surface area contributed by atoms with E-state index in [1.165, 1.54) is 10.9 Å². The van der Waals surface area contributed by atoms with Crippen LogP contribution in [0.5, 0.6) is 0 Å². The molecule has 0 spiro atoms. The number of fused-ring (bicyclic) bond motifs is 1. The van der Waals surface area contributed by atoms with Crippen molar-refractivity contribution in [2.45, 2.75) is 32.5 Å². The maximum atomic E-state index is 10.6. The zero-order chi connectivity index (χ0) is 18.8. The van der Waals surface area contributed by atoms with E-state index in [1.54, 1.807) is 4.68 Å². The summed E-state index contributed by atoms with van der Waals surface area (Å²) < 4.78 is 1.79. The largest absolute Gasteiger partial charge is 0.394 e. The van der Waals surface area contributed by atoms with Crippen LogP contribution < -0.4 is 0 Å². The van der Waals surface area contributed by atoms with Gasteiger partial charge in [-0.25, -0.2) is 0 Å². The third-order valence-corrected chi connectivity index (χ3v) is 5.47. The second-order valence-corrected chi connectivity index (χ2v) is 7.44. The number of aliphatic hydroxyl groups excluding tert-OH is 2. The van der Waals surface area contributed by atoms with Crippen molar-refractivity contribution in [2.75, 3.05) is 19.7 Å². The molecular formula is C21H26N4O2. The summed E-state index contributed by atoms with van der Waals surface area (Å²) in [6.45, 7) is 4.92. The van der Waals surface area contributed by atoms with Gasteiger partial charge in [-0.1, -0.05) is 18.2 Å². The molecule has 3 heterocycles. The van der Waals surface area contributed by atoms with Gasteiger partial charge in [-0.3, -0.25) is 14.6 Å². The Morgan fingerprint density at radius 2 is 2.00 bits per heavy atom. The molecule has 0 bridgehead atoms. The van der Waals surface area contributed by atoms with Gasteiger partial charge in [-0.05, 0) is 31.0 Å². The average Bonchev–Trinajstić information content (AvgIpc) is 3.18. The second kappa shape index (κ2) is 7.76. The average molecular weight is 366 g/mol. The lowest BCUT2D eigenvalue weighted by atomic mass is 9.94. The molecule has 4 rings (SSSR count). The van der Waals surface area contributed by atoms with Crippen LogP contribution in [-0.2, 0) is 19.5 Å². The van der Waals surface area contributed by atoms with E-state index in [2.05, 4.69) is 27.1 Å². The standard InChI is InChI=1S/C21H26N4O2/c1-15-18(13-25(23-15)8-9-26)12-24-11-17(21(27)14-24)10-16-6-7-22-20-5-3-2-4-19(16)20/h2-7,13,17,21,26-27H,8-12,14H2,1H3/t17-,21-/m1/s1. The Balaban J connectivity index is 1.45. The molecule has 2 atom stereocenters. The van der Waals surface area contributed by atoms with E-state index in [-0.39, 0.29) is 18.6 Å². The van der Waals surface area contributed by atoms with Gasteiger partial charge in [0.25, 0.3) is 0 Å². The number of β-amino-alcohol motifs (C(OH)–C–C–N with tert-alkyl or cyclic N) is 1. The second-order valence-electron chi connectivity index (χ2n) is 7.44. The summed E-state index contributed by atoms with van der Waals surface area (Å²) in [5, 5.41) is 25.3. The van der Waals surface area contributed by atoms with Gasteiger partial charge < -0.3 is 10.2 Å². The monoisotopic (exact) mass is 366 g/mol. The fraction of sp³-hybridized carbons (Fsp3) is 0.429. The Hall–Kier alpha value is -2.28. The SMILES string of the molecule is Cc1nn(CCO)cc1CN1C[C@@H](Cc2ccnc3ccccc23)[C@H](O)C1. The number of likely N-dealkylation sites (tertiary alicyclic amines) is 1. The normalized spacial score (nSPS) is 20.6. The summed E-state index contributed by atoms with van der Waals surface area (Å²) in [4.78, 5) is 6.73. The minimum atomic E-state index is -0.329. The fourth-order valence-electron chi connectivity index (χ4n) is 4.06. The van der Waals surface area contributed by atoms with Crippen LogP contribution in [-0.4, -0.2) is 55.7 Å². The fourth-order valence-corrected chi connectivity index (χ4v) is 4.06. The van der Waals surface area contributed by atoms with Gasteiger partial charge in [-0.2, -0.15) is 5.10 Å². The molecule has 27 heavy (non-hydrogen) atoms. The molecule has 0 unspecified atom stereocenters. The summed E-state index contributed by atoms with van der Waals surface area (Å²) >= 11 is 0. The molecule has 0 radical (unpaired) electrons. The van der Waals surface area contributed by atoms with E-state index in [4.69, 9.17) is 5.11 Å². The number of aliphatic hydroxyl groups is 2. The molecular weight excluding hydrogens is 340 g/mol. The molecule has 0 amide bonds. The predicted molar refractivity (Wildman–Crippen MR) is 104 cm³/mol.